The molecule has 0 amide bonds. The molecular weight excluding hydrogens is 330 g/mol. The summed E-state index contributed by atoms with van der Waals surface area (Å²) in [5.41, 5.74) is 0.831. The van der Waals surface area contributed by atoms with Crippen molar-refractivity contribution < 1.29 is 14.2 Å². The van der Waals surface area contributed by atoms with Gasteiger partial charge in [0, 0.05) is 24.8 Å². The van der Waals surface area contributed by atoms with Gasteiger partial charge in [-0.05, 0) is 50.0 Å². The molecule has 140 valence electrons. The van der Waals surface area contributed by atoms with Crippen LogP contribution in [-0.4, -0.2) is 33.3 Å². The summed E-state index contributed by atoms with van der Waals surface area (Å²) in [7, 11) is -1.70. The molecule has 0 unspecified atom stereocenters. The van der Waals surface area contributed by atoms with E-state index in [9.17, 15) is 0 Å². The highest BCUT2D eigenvalue weighted by atomic mass is 28.4. The molecule has 0 spiro atoms. The predicted octanol–water partition coefficient (Wildman–Crippen LogP) is 4.97. The number of nitrogens with zero attached hydrogens (tertiary/aromatic N) is 1. The lowest BCUT2D eigenvalue weighted by Gasteiger charge is -2.36. The van der Waals surface area contributed by atoms with Crippen molar-refractivity contribution in [1.82, 2.24) is 0 Å². The van der Waals surface area contributed by atoms with Gasteiger partial charge in [0.25, 0.3) is 0 Å². The van der Waals surface area contributed by atoms with E-state index in [1.165, 1.54) is 5.69 Å². The second-order valence-corrected chi connectivity index (χ2v) is 13.9. The Hall–Kier alpha value is -0.883. The quantitative estimate of drug-likeness (QED) is 0.546. The number of benzene rings is 1. The highest BCUT2D eigenvalue weighted by Crippen LogP contribution is 2.47. The van der Waals surface area contributed by atoms with E-state index in [2.05, 4.69) is 70.0 Å². The normalized spacial score (nSPS) is 29.9. The molecule has 4 nitrogen and oxygen atoms in total. The maximum atomic E-state index is 6.34. The third-order valence-corrected chi connectivity index (χ3v) is 11.0. The lowest BCUT2D eigenvalue weighted by atomic mass is 9.91. The van der Waals surface area contributed by atoms with Crippen LogP contribution < -0.4 is 4.90 Å². The molecule has 2 aliphatic rings. The second kappa shape index (κ2) is 6.69. The zero-order chi connectivity index (χ0) is 18.3. The van der Waals surface area contributed by atoms with Crippen LogP contribution >= 0.6 is 0 Å². The van der Waals surface area contributed by atoms with Crippen molar-refractivity contribution in [2.45, 2.75) is 70.5 Å². The van der Waals surface area contributed by atoms with Gasteiger partial charge in [0.2, 0.25) is 0 Å². The third-order valence-electron chi connectivity index (χ3n) is 6.42. The van der Waals surface area contributed by atoms with Crippen LogP contribution in [0.3, 0.4) is 0 Å². The molecular formula is C20H33NO3Si. The number of anilines is 1. The van der Waals surface area contributed by atoms with E-state index in [0.717, 1.165) is 26.0 Å². The van der Waals surface area contributed by atoms with Gasteiger partial charge in [-0.25, -0.2) is 9.78 Å². The monoisotopic (exact) mass is 363 g/mol. The van der Waals surface area contributed by atoms with Crippen molar-refractivity contribution in [3.8, 4) is 0 Å². The Balaban J connectivity index is 1.61. The van der Waals surface area contributed by atoms with Gasteiger partial charge in [-0.2, -0.15) is 0 Å². The van der Waals surface area contributed by atoms with Crippen molar-refractivity contribution in [3.05, 3.63) is 30.3 Å². The van der Waals surface area contributed by atoms with E-state index in [4.69, 9.17) is 14.2 Å². The maximum Gasteiger partial charge on any atom is 0.191 e. The molecule has 0 aliphatic carbocycles. The molecule has 2 aliphatic heterocycles. The molecule has 2 fully saturated rings. The molecule has 3 rings (SSSR count). The summed E-state index contributed by atoms with van der Waals surface area (Å²) in [5.74, 6) is 0.385. The molecule has 0 N–H and O–H groups in total. The zero-order valence-corrected chi connectivity index (χ0v) is 17.5. The first-order chi connectivity index (χ1) is 11.7. The molecule has 3 atom stereocenters. The van der Waals surface area contributed by atoms with Crippen LogP contribution in [0.25, 0.3) is 0 Å². The minimum Gasteiger partial charge on any atom is -0.417 e. The smallest absolute Gasteiger partial charge is 0.191 e. The van der Waals surface area contributed by atoms with E-state index in [1.54, 1.807) is 0 Å². The van der Waals surface area contributed by atoms with Crippen molar-refractivity contribution in [3.63, 3.8) is 0 Å². The largest absolute Gasteiger partial charge is 0.417 e. The van der Waals surface area contributed by atoms with E-state index in [1.807, 2.05) is 6.07 Å². The molecule has 0 radical (unpaired) electrons. The average Bonchev–Trinajstić information content (AvgIpc) is 3.03. The summed E-state index contributed by atoms with van der Waals surface area (Å²) in [6.07, 6.45) is 2.11. The summed E-state index contributed by atoms with van der Waals surface area (Å²) in [4.78, 5) is 14.0. The zero-order valence-electron chi connectivity index (χ0n) is 16.5. The van der Waals surface area contributed by atoms with Crippen LogP contribution in [-0.2, 0) is 14.2 Å². The first-order valence-corrected chi connectivity index (χ1v) is 12.4. The summed E-state index contributed by atoms with van der Waals surface area (Å²) in [6, 6.07) is 10.5. The molecule has 2 heterocycles. The highest BCUT2D eigenvalue weighted by molar-refractivity contribution is 6.74. The summed E-state index contributed by atoms with van der Waals surface area (Å²) in [5, 5.41) is 0.242. The molecule has 2 saturated heterocycles. The topological polar surface area (TPSA) is 30.9 Å². The van der Waals surface area contributed by atoms with Crippen molar-refractivity contribution in [2.75, 3.05) is 18.1 Å². The van der Waals surface area contributed by atoms with Gasteiger partial charge >= 0.3 is 0 Å². The van der Waals surface area contributed by atoms with Gasteiger partial charge in [-0.3, -0.25) is 0 Å². The van der Waals surface area contributed by atoms with Gasteiger partial charge in [0.15, 0.2) is 14.0 Å². The van der Waals surface area contributed by atoms with Crippen molar-refractivity contribution in [2.24, 2.45) is 5.92 Å². The fourth-order valence-electron chi connectivity index (χ4n) is 3.71. The van der Waals surface area contributed by atoms with Crippen LogP contribution in [0, 0.1) is 5.92 Å². The number of para-hydroxylation sites is 1. The SMILES string of the molecule is CC(C)(C)[Si](C)(C)OCC[C@@H]1OO[C@]2(C)[C@H]1CCN2c1ccccc1. The lowest BCUT2D eigenvalue weighted by Crippen LogP contribution is -2.45. The predicted molar refractivity (Wildman–Crippen MR) is 104 cm³/mol. The Morgan fingerprint density at radius 3 is 2.56 bits per heavy atom. The Morgan fingerprint density at radius 1 is 1.24 bits per heavy atom. The Kier molecular flexibility index (Phi) is 5.06. The Bertz CT molecular complexity index is 586. The molecule has 1 aromatic rings. The molecule has 1 aromatic carbocycles. The number of rotatable bonds is 5. The van der Waals surface area contributed by atoms with Crippen LogP contribution in [0.1, 0.15) is 40.5 Å². The maximum absolute atomic E-state index is 6.34. The Morgan fingerprint density at radius 2 is 1.92 bits per heavy atom. The lowest BCUT2D eigenvalue weighted by molar-refractivity contribution is -0.322. The third kappa shape index (κ3) is 3.52. The van der Waals surface area contributed by atoms with E-state index in [-0.39, 0.29) is 16.9 Å². The van der Waals surface area contributed by atoms with Gasteiger partial charge in [0.1, 0.15) is 6.10 Å². The number of fused-ring (bicyclic) bond motifs is 1. The summed E-state index contributed by atoms with van der Waals surface area (Å²) >= 11 is 0. The van der Waals surface area contributed by atoms with Gasteiger partial charge in [-0.1, -0.05) is 39.0 Å². The van der Waals surface area contributed by atoms with Crippen LogP contribution in [0.5, 0.6) is 0 Å². The number of hydrogen-bond acceptors (Lipinski definition) is 4. The molecule has 25 heavy (non-hydrogen) atoms. The van der Waals surface area contributed by atoms with Crippen LogP contribution in [0.2, 0.25) is 18.1 Å². The van der Waals surface area contributed by atoms with Gasteiger partial charge in [0.05, 0.1) is 0 Å². The number of hydrogen-bond donors (Lipinski definition) is 0. The molecule has 0 aromatic heterocycles. The fourth-order valence-corrected chi connectivity index (χ4v) is 4.77. The molecule has 0 bridgehead atoms. The minimum atomic E-state index is -1.70. The van der Waals surface area contributed by atoms with Gasteiger partial charge in [-0.15, -0.1) is 0 Å². The van der Waals surface area contributed by atoms with Crippen molar-refractivity contribution >= 4 is 14.0 Å². The summed E-state index contributed by atoms with van der Waals surface area (Å²) < 4.78 is 6.34. The highest BCUT2D eigenvalue weighted by Gasteiger charge is 2.56. The fraction of sp³-hybridized carbons (Fsp3) is 0.700. The molecule has 0 saturated carbocycles. The first kappa shape index (κ1) is 18.9. The minimum absolute atomic E-state index is 0.114. The van der Waals surface area contributed by atoms with Crippen LogP contribution in [0.15, 0.2) is 30.3 Å². The summed E-state index contributed by atoms with van der Waals surface area (Å²) in [6.45, 7) is 15.4. The van der Waals surface area contributed by atoms with E-state index < -0.39 is 8.32 Å². The standard InChI is InChI=1S/C20H33NO3Si/c1-19(2,3)25(5,6)22-15-13-18-17-12-14-21(20(17,4)24-23-18)16-10-8-7-9-11-16/h7-11,17-18H,12-15H2,1-6H3/t17-,18-,20+/m0/s1. The average molecular weight is 364 g/mol. The Labute approximate surface area is 153 Å². The second-order valence-electron chi connectivity index (χ2n) is 9.05. The van der Waals surface area contributed by atoms with Gasteiger partial charge < -0.3 is 9.33 Å². The van der Waals surface area contributed by atoms with Crippen LogP contribution in [0.4, 0.5) is 5.69 Å². The molecule has 5 heteroatoms. The van der Waals surface area contributed by atoms with E-state index in [0.29, 0.717) is 5.92 Å². The van der Waals surface area contributed by atoms with Crippen molar-refractivity contribution in [1.29, 1.82) is 0 Å². The first-order valence-electron chi connectivity index (χ1n) is 9.46. The van der Waals surface area contributed by atoms with E-state index >= 15 is 0 Å².